The molecule has 2 amide bonds. The Morgan fingerprint density at radius 3 is 2.35 bits per heavy atom. The first kappa shape index (κ1) is 17.4. The molecule has 0 fully saturated rings. The Kier molecular flexibility index (Phi) is 5.39. The molecule has 0 bridgehead atoms. The quantitative estimate of drug-likeness (QED) is 0.742. The largest absolute Gasteiger partial charge is 0.348 e. The Labute approximate surface area is 152 Å². The van der Waals surface area contributed by atoms with E-state index in [4.69, 9.17) is 0 Å². The summed E-state index contributed by atoms with van der Waals surface area (Å²) in [5, 5.41) is 5.63. The number of pyridine rings is 1. The van der Waals surface area contributed by atoms with E-state index in [0.717, 1.165) is 5.56 Å². The minimum atomic E-state index is -0.357. The van der Waals surface area contributed by atoms with Crippen LogP contribution in [-0.4, -0.2) is 16.8 Å². The van der Waals surface area contributed by atoms with Crippen LogP contribution in [0.3, 0.4) is 0 Å². The predicted molar refractivity (Wildman–Crippen MR) is 101 cm³/mol. The number of rotatable bonds is 5. The van der Waals surface area contributed by atoms with Crippen LogP contribution in [0.2, 0.25) is 0 Å². The Balaban J connectivity index is 1.70. The molecule has 1 heterocycles. The molecular formula is C21H19N3O2. The van der Waals surface area contributed by atoms with E-state index in [-0.39, 0.29) is 11.8 Å². The molecule has 3 aromatic rings. The maximum absolute atomic E-state index is 12.5. The molecule has 0 aliphatic rings. The van der Waals surface area contributed by atoms with Crippen molar-refractivity contribution in [1.29, 1.82) is 0 Å². The topological polar surface area (TPSA) is 71.1 Å². The molecule has 2 aromatic carbocycles. The number of carbonyl (C=O) groups is 2. The van der Waals surface area contributed by atoms with E-state index in [0.29, 0.717) is 23.5 Å². The van der Waals surface area contributed by atoms with Gasteiger partial charge in [-0.05, 0) is 36.8 Å². The fourth-order valence-electron chi connectivity index (χ4n) is 2.46. The Morgan fingerprint density at radius 2 is 1.62 bits per heavy atom. The Morgan fingerprint density at radius 1 is 0.885 bits per heavy atom. The van der Waals surface area contributed by atoms with Gasteiger partial charge in [0.1, 0.15) is 5.69 Å². The summed E-state index contributed by atoms with van der Waals surface area (Å²) in [6.07, 6.45) is 1.55. The van der Waals surface area contributed by atoms with Crippen LogP contribution in [0.4, 0.5) is 5.69 Å². The molecule has 5 nitrogen and oxygen atoms in total. The Bertz CT molecular complexity index is 906. The second-order valence-corrected chi connectivity index (χ2v) is 5.88. The number of carbonyl (C=O) groups excluding carboxylic acids is 2. The van der Waals surface area contributed by atoms with Crippen molar-refractivity contribution in [3.05, 3.63) is 95.3 Å². The third-order valence-electron chi connectivity index (χ3n) is 3.89. The maximum Gasteiger partial charge on any atom is 0.274 e. The molecule has 130 valence electrons. The van der Waals surface area contributed by atoms with E-state index in [1.807, 2.05) is 31.2 Å². The van der Waals surface area contributed by atoms with Crippen LogP contribution in [0.1, 0.15) is 32.0 Å². The number of nitrogens with one attached hydrogen (secondary N) is 2. The summed E-state index contributed by atoms with van der Waals surface area (Å²) in [7, 11) is 0. The molecule has 2 N–H and O–H groups in total. The van der Waals surface area contributed by atoms with Crippen LogP contribution in [0.25, 0.3) is 0 Å². The van der Waals surface area contributed by atoms with E-state index in [1.54, 1.807) is 48.7 Å². The van der Waals surface area contributed by atoms with E-state index >= 15 is 0 Å². The van der Waals surface area contributed by atoms with Gasteiger partial charge in [0.15, 0.2) is 0 Å². The zero-order chi connectivity index (χ0) is 18.4. The highest BCUT2D eigenvalue weighted by molar-refractivity contribution is 6.08. The molecule has 0 aliphatic heterocycles. The van der Waals surface area contributed by atoms with Crippen LogP contribution in [-0.2, 0) is 6.54 Å². The second kappa shape index (κ2) is 8.07. The molecule has 5 heteroatoms. The van der Waals surface area contributed by atoms with Crippen molar-refractivity contribution in [3.8, 4) is 0 Å². The first-order chi connectivity index (χ1) is 12.6. The lowest BCUT2D eigenvalue weighted by Gasteiger charge is -2.11. The van der Waals surface area contributed by atoms with Crippen molar-refractivity contribution >= 4 is 17.5 Å². The molecule has 0 saturated carbocycles. The molecule has 1 aromatic heterocycles. The van der Waals surface area contributed by atoms with E-state index in [1.165, 1.54) is 5.56 Å². The summed E-state index contributed by atoms with van der Waals surface area (Å²) >= 11 is 0. The summed E-state index contributed by atoms with van der Waals surface area (Å²) in [5.74, 6) is -0.605. The number of aromatic nitrogens is 1. The molecule has 0 atom stereocenters. The number of aryl methyl sites for hydroxylation is 1. The third kappa shape index (κ3) is 4.33. The molecule has 0 unspecified atom stereocenters. The summed E-state index contributed by atoms with van der Waals surface area (Å²) in [5.41, 5.74) is 3.33. The van der Waals surface area contributed by atoms with Crippen LogP contribution < -0.4 is 10.6 Å². The average Bonchev–Trinajstić information content (AvgIpc) is 2.68. The molecule has 26 heavy (non-hydrogen) atoms. The number of amides is 2. The van der Waals surface area contributed by atoms with E-state index in [9.17, 15) is 9.59 Å². The number of anilines is 1. The van der Waals surface area contributed by atoms with Gasteiger partial charge in [0.05, 0.1) is 11.3 Å². The van der Waals surface area contributed by atoms with Crippen LogP contribution in [0.5, 0.6) is 0 Å². The maximum atomic E-state index is 12.5. The molecule has 0 radical (unpaired) electrons. The van der Waals surface area contributed by atoms with Crippen LogP contribution in [0, 0.1) is 6.92 Å². The first-order valence-corrected chi connectivity index (χ1v) is 8.28. The minimum absolute atomic E-state index is 0.248. The van der Waals surface area contributed by atoms with Gasteiger partial charge in [0.2, 0.25) is 0 Å². The highest BCUT2D eigenvalue weighted by Crippen LogP contribution is 2.16. The number of benzene rings is 2. The Hall–Kier alpha value is -3.47. The van der Waals surface area contributed by atoms with Gasteiger partial charge in [-0.3, -0.25) is 14.6 Å². The average molecular weight is 345 g/mol. The molecule has 0 saturated heterocycles. The van der Waals surface area contributed by atoms with Crippen molar-refractivity contribution in [1.82, 2.24) is 10.3 Å². The normalized spacial score (nSPS) is 10.2. The summed E-state index contributed by atoms with van der Waals surface area (Å²) in [4.78, 5) is 28.9. The van der Waals surface area contributed by atoms with Gasteiger partial charge in [0.25, 0.3) is 11.8 Å². The van der Waals surface area contributed by atoms with Gasteiger partial charge in [0, 0.05) is 12.7 Å². The van der Waals surface area contributed by atoms with Gasteiger partial charge < -0.3 is 10.6 Å². The summed E-state index contributed by atoms with van der Waals surface area (Å²) < 4.78 is 0. The monoisotopic (exact) mass is 345 g/mol. The van der Waals surface area contributed by atoms with Crippen molar-refractivity contribution in [2.45, 2.75) is 13.5 Å². The SMILES string of the molecule is Cc1ccc(CNC(=O)c2ccccc2NC(=O)c2ccccn2)cc1. The number of hydrogen-bond acceptors (Lipinski definition) is 3. The first-order valence-electron chi connectivity index (χ1n) is 8.28. The van der Waals surface area contributed by atoms with Crippen LogP contribution >= 0.6 is 0 Å². The molecular weight excluding hydrogens is 326 g/mol. The minimum Gasteiger partial charge on any atom is -0.348 e. The summed E-state index contributed by atoms with van der Waals surface area (Å²) in [6, 6.07) is 20.0. The highest BCUT2D eigenvalue weighted by Gasteiger charge is 2.14. The van der Waals surface area contributed by atoms with Crippen molar-refractivity contribution in [2.24, 2.45) is 0 Å². The highest BCUT2D eigenvalue weighted by atomic mass is 16.2. The molecule has 0 spiro atoms. The smallest absolute Gasteiger partial charge is 0.274 e. The predicted octanol–water partition coefficient (Wildman–Crippen LogP) is 3.57. The number of hydrogen-bond donors (Lipinski definition) is 2. The van der Waals surface area contributed by atoms with E-state index < -0.39 is 0 Å². The van der Waals surface area contributed by atoms with Crippen molar-refractivity contribution in [3.63, 3.8) is 0 Å². The zero-order valence-corrected chi connectivity index (χ0v) is 14.4. The van der Waals surface area contributed by atoms with Crippen LogP contribution in [0.15, 0.2) is 72.9 Å². The fraction of sp³-hybridized carbons (Fsp3) is 0.0952. The standard InChI is InChI=1S/C21H19N3O2/c1-15-9-11-16(12-10-15)14-23-20(25)17-6-2-3-7-18(17)24-21(26)19-8-4-5-13-22-19/h2-13H,14H2,1H3,(H,23,25)(H,24,26). The second-order valence-electron chi connectivity index (χ2n) is 5.88. The van der Waals surface area contributed by atoms with Gasteiger partial charge in [-0.25, -0.2) is 0 Å². The lowest BCUT2D eigenvalue weighted by Crippen LogP contribution is -2.25. The molecule has 3 rings (SSSR count). The number of para-hydroxylation sites is 1. The van der Waals surface area contributed by atoms with Gasteiger partial charge in [-0.1, -0.05) is 48.0 Å². The van der Waals surface area contributed by atoms with Gasteiger partial charge in [-0.15, -0.1) is 0 Å². The van der Waals surface area contributed by atoms with Gasteiger partial charge >= 0.3 is 0 Å². The van der Waals surface area contributed by atoms with E-state index in [2.05, 4.69) is 15.6 Å². The lowest BCUT2D eigenvalue weighted by molar-refractivity contribution is 0.0952. The third-order valence-corrected chi connectivity index (χ3v) is 3.89. The van der Waals surface area contributed by atoms with Gasteiger partial charge in [-0.2, -0.15) is 0 Å². The fourth-order valence-corrected chi connectivity index (χ4v) is 2.46. The molecule has 0 aliphatic carbocycles. The number of nitrogens with zero attached hydrogens (tertiary/aromatic N) is 1. The zero-order valence-electron chi connectivity index (χ0n) is 14.4. The summed E-state index contributed by atoms with van der Waals surface area (Å²) in [6.45, 7) is 2.44. The van der Waals surface area contributed by atoms with Crippen molar-refractivity contribution < 1.29 is 9.59 Å². The lowest BCUT2D eigenvalue weighted by atomic mass is 10.1. The van der Waals surface area contributed by atoms with Crippen molar-refractivity contribution in [2.75, 3.05) is 5.32 Å².